The van der Waals surface area contributed by atoms with Gasteiger partial charge in [-0.05, 0) is 37.0 Å². The van der Waals surface area contributed by atoms with Crippen molar-refractivity contribution in [1.29, 1.82) is 0 Å². The second-order valence-electron chi connectivity index (χ2n) is 5.19. The third-order valence-electron chi connectivity index (χ3n) is 3.58. The molecule has 6 nitrogen and oxygen atoms in total. The van der Waals surface area contributed by atoms with E-state index in [0.717, 1.165) is 24.2 Å². The van der Waals surface area contributed by atoms with Crippen molar-refractivity contribution in [3.63, 3.8) is 0 Å². The molecular formula is C15H20N2O4. The second kappa shape index (κ2) is 6.47. The number of carboxylic acid groups (broad SMARTS) is 1. The molecule has 0 unspecified atom stereocenters. The van der Waals surface area contributed by atoms with Crippen molar-refractivity contribution in [2.24, 2.45) is 0 Å². The highest BCUT2D eigenvalue weighted by atomic mass is 16.5. The lowest BCUT2D eigenvalue weighted by Crippen LogP contribution is -2.42. The fourth-order valence-corrected chi connectivity index (χ4v) is 2.23. The Morgan fingerprint density at radius 2 is 2.14 bits per heavy atom. The summed E-state index contributed by atoms with van der Waals surface area (Å²) in [6, 6.07) is 7.41. The summed E-state index contributed by atoms with van der Waals surface area (Å²) in [5, 5.41) is 14.2. The quantitative estimate of drug-likeness (QED) is 0.669. The Balaban J connectivity index is 1.86. The molecule has 21 heavy (non-hydrogen) atoms. The minimum absolute atomic E-state index is 0.0569. The van der Waals surface area contributed by atoms with Gasteiger partial charge >= 0.3 is 12.0 Å². The normalized spacial score (nSPS) is 15.1. The van der Waals surface area contributed by atoms with E-state index in [2.05, 4.69) is 10.6 Å². The van der Waals surface area contributed by atoms with Gasteiger partial charge in [-0.25, -0.2) is 4.79 Å². The zero-order valence-electron chi connectivity index (χ0n) is 12.0. The Morgan fingerprint density at radius 1 is 1.38 bits per heavy atom. The highest BCUT2D eigenvalue weighted by Crippen LogP contribution is 2.46. The lowest BCUT2D eigenvalue weighted by Gasteiger charge is -2.19. The lowest BCUT2D eigenvalue weighted by molar-refractivity contribution is -0.137. The molecule has 0 bridgehead atoms. The van der Waals surface area contributed by atoms with Crippen LogP contribution in [0.15, 0.2) is 24.3 Å². The Kier molecular flexibility index (Phi) is 4.67. The predicted molar refractivity (Wildman–Crippen MR) is 77.3 cm³/mol. The van der Waals surface area contributed by atoms with Crippen molar-refractivity contribution in [3.8, 4) is 5.75 Å². The Hall–Kier alpha value is -2.24. The number of carbonyl (C=O) groups is 2. The summed E-state index contributed by atoms with van der Waals surface area (Å²) in [4.78, 5) is 22.3. The number of rotatable bonds is 7. The van der Waals surface area contributed by atoms with Crippen LogP contribution in [0, 0.1) is 0 Å². The SMILES string of the molecule is COc1cccc(C2(NC(=O)NCCCC(=O)O)CC2)c1. The average molecular weight is 292 g/mol. The van der Waals surface area contributed by atoms with Gasteiger partial charge < -0.3 is 20.5 Å². The number of urea groups is 1. The number of amides is 2. The van der Waals surface area contributed by atoms with E-state index in [1.165, 1.54) is 0 Å². The van der Waals surface area contributed by atoms with Crippen LogP contribution in [0.4, 0.5) is 4.79 Å². The van der Waals surface area contributed by atoms with E-state index in [9.17, 15) is 9.59 Å². The first kappa shape index (κ1) is 15.2. The van der Waals surface area contributed by atoms with Crippen LogP contribution >= 0.6 is 0 Å². The van der Waals surface area contributed by atoms with Crippen molar-refractivity contribution in [2.75, 3.05) is 13.7 Å². The Labute approximate surface area is 123 Å². The predicted octanol–water partition coefficient (Wildman–Crippen LogP) is 1.85. The molecule has 0 atom stereocenters. The molecule has 1 aliphatic rings. The molecule has 114 valence electrons. The number of hydrogen-bond donors (Lipinski definition) is 3. The van der Waals surface area contributed by atoms with E-state index in [1.54, 1.807) is 7.11 Å². The molecule has 6 heteroatoms. The molecule has 1 aromatic carbocycles. The van der Waals surface area contributed by atoms with Crippen LogP contribution in [-0.4, -0.2) is 30.8 Å². The molecule has 3 N–H and O–H groups in total. The number of carbonyl (C=O) groups excluding carboxylic acids is 1. The molecule has 0 heterocycles. The summed E-state index contributed by atoms with van der Waals surface area (Å²) in [7, 11) is 1.61. The molecule has 2 amide bonds. The third kappa shape index (κ3) is 4.11. The maximum atomic E-state index is 11.9. The summed E-state index contributed by atoms with van der Waals surface area (Å²) in [5.74, 6) is -0.0882. The number of nitrogens with one attached hydrogen (secondary N) is 2. The highest BCUT2D eigenvalue weighted by Gasteiger charge is 2.45. The fraction of sp³-hybridized carbons (Fsp3) is 0.467. The minimum Gasteiger partial charge on any atom is -0.497 e. The maximum Gasteiger partial charge on any atom is 0.315 e. The van der Waals surface area contributed by atoms with Crippen LogP contribution in [0.25, 0.3) is 0 Å². The fourth-order valence-electron chi connectivity index (χ4n) is 2.23. The first-order chi connectivity index (χ1) is 10.1. The van der Waals surface area contributed by atoms with E-state index in [0.29, 0.717) is 13.0 Å². The zero-order chi connectivity index (χ0) is 15.3. The topological polar surface area (TPSA) is 87.7 Å². The Bertz CT molecular complexity index is 526. The zero-order valence-corrected chi connectivity index (χ0v) is 12.0. The molecule has 0 saturated heterocycles. The minimum atomic E-state index is -0.854. The van der Waals surface area contributed by atoms with Gasteiger partial charge in [-0.2, -0.15) is 0 Å². The standard InChI is InChI=1S/C15H20N2O4/c1-21-12-5-2-4-11(10-12)15(7-8-15)17-14(20)16-9-3-6-13(18)19/h2,4-5,10H,3,6-9H2,1H3,(H,18,19)(H2,16,17,20). The number of hydrogen-bond acceptors (Lipinski definition) is 3. The molecule has 0 radical (unpaired) electrons. The van der Waals surface area contributed by atoms with Crippen LogP contribution in [0.2, 0.25) is 0 Å². The molecular weight excluding hydrogens is 272 g/mol. The van der Waals surface area contributed by atoms with Crippen molar-refractivity contribution in [1.82, 2.24) is 10.6 Å². The number of aliphatic carboxylic acids is 1. The van der Waals surface area contributed by atoms with Gasteiger partial charge in [0.2, 0.25) is 0 Å². The molecule has 1 aromatic rings. The number of methoxy groups -OCH3 is 1. The highest BCUT2D eigenvalue weighted by molar-refractivity contribution is 5.75. The van der Waals surface area contributed by atoms with Crippen molar-refractivity contribution < 1.29 is 19.4 Å². The molecule has 1 fully saturated rings. The number of benzene rings is 1. The molecule has 1 aliphatic carbocycles. The van der Waals surface area contributed by atoms with Gasteiger partial charge in [0.15, 0.2) is 0 Å². The van der Waals surface area contributed by atoms with Gasteiger partial charge in [0.1, 0.15) is 5.75 Å². The number of carboxylic acids is 1. The van der Waals surface area contributed by atoms with Crippen LogP contribution in [0.1, 0.15) is 31.2 Å². The van der Waals surface area contributed by atoms with E-state index in [1.807, 2.05) is 24.3 Å². The van der Waals surface area contributed by atoms with Gasteiger partial charge in [0.05, 0.1) is 12.6 Å². The van der Waals surface area contributed by atoms with Crippen molar-refractivity contribution in [2.45, 2.75) is 31.2 Å². The monoisotopic (exact) mass is 292 g/mol. The maximum absolute atomic E-state index is 11.9. The third-order valence-corrected chi connectivity index (χ3v) is 3.58. The molecule has 1 saturated carbocycles. The van der Waals surface area contributed by atoms with Crippen LogP contribution in [0.5, 0.6) is 5.75 Å². The van der Waals surface area contributed by atoms with Crippen molar-refractivity contribution in [3.05, 3.63) is 29.8 Å². The van der Waals surface area contributed by atoms with Crippen LogP contribution < -0.4 is 15.4 Å². The summed E-state index contributed by atoms with van der Waals surface area (Å²) < 4.78 is 5.20. The smallest absolute Gasteiger partial charge is 0.315 e. The molecule has 0 aromatic heterocycles. The van der Waals surface area contributed by atoms with Gasteiger partial charge in [-0.15, -0.1) is 0 Å². The second-order valence-corrected chi connectivity index (χ2v) is 5.19. The number of ether oxygens (including phenoxy) is 1. The summed E-state index contributed by atoms with van der Waals surface area (Å²) in [5.41, 5.74) is 0.716. The largest absolute Gasteiger partial charge is 0.497 e. The van der Waals surface area contributed by atoms with Gasteiger partial charge in [0.25, 0.3) is 0 Å². The van der Waals surface area contributed by atoms with Gasteiger partial charge in [0, 0.05) is 13.0 Å². The molecule has 0 spiro atoms. The van der Waals surface area contributed by atoms with E-state index in [4.69, 9.17) is 9.84 Å². The summed E-state index contributed by atoms with van der Waals surface area (Å²) >= 11 is 0. The van der Waals surface area contributed by atoms with Crippen LogP contribution in [-0.2, 0) is 10.3 Å². The summed E-state index contributed by atoms with van der Waals surface area (Å²) in [6.07, 6.45) is 2.27. The van der Waals surface area contributed by atoms with E-state index >= 15 is 0 Å². The van der Waals surface area contributed by atoms with E-state index < -0.39 is 5.97 Å². The van der Waals surface area contributed by atoms with Gasteiger partial charge in [-0.1, -0.05) is 12.1 Å². The Morgan fingerprint density at radius 3 is 2.76 bits per heavy atom. The van der Waals surface area contributed by atoms with Gasteiger partial charge in [-0.3, -0.25) is 4.79 Å². The lowest BCUT2D eigenvalue weighted by atomic mass is 10.0. The van der Waals surface area contributed by atoms with Crippen LogP contribution in [0.3, 0.4) is 0 Å². The van der Waals surface area contributed by atoms with Crippen molar-refractivity contribution >= 4 is 12.0 Å². The first-order valence-corrected chi connectivity index (χ1v) is 6.98. The van der Waals surface area contributed by atoms with E-state index in [-0.39, 0.29) is 18.0 Å². The molecule has 0 aliphatic heterocycles. The average Bonchev–Trinajstić information content (AvgIpc) is 3.24. The first-order valence-electron chi connectivity index (χ1n) is 6.98. The summed E-state index contributed by atoms with van der Waals surface area (Å²) in [6.45, 7) is 0.353. The molecule has 2 rings (SSSR count).